The van der Waals surface area contributed by atoms with Gasteiger partial charge in [0, 0.05) is 0 Å². The summed E-state index contributed by atoms with van der Waals surface area (Å²) in [6, 6.07) is 0.700. The first kappa shape index (κ1) is 14.2. The zero-order valence-corrected chi connectivity index (χ0v) is 9.78. The molecule has 6 nitrogen and oxygen atoms in total. The van der Waals surface area contributed by atoms with Crippen LogP contribution >= 0.6 is 11.6 Å². The summed E-state index contributed by atoms with van der Waals surface area (Å²) < 4.78 is 29.6. The minimum atomic E-state index is -3.10. The number of nitrogens with zero attached hydrogens (tertiary/aromatic N) is 2. The van der Waals surface area contributed by atoms with Crippen LogP contribution in [0.15, 0.2) is 6.07 Å². The van der Waals surface area contributed by atoms with Crippen molar-refractivity contribution in [2.24, 2.45) is 0 Å². The lowest BCUT2D eigenvalue weighted by molar-refractivity contribution is -0.387. The second-order valence-electron chi connectivity index (χ2n) is 3.14. The van der Waals surface area contributed by atoms with Crippen LogP contribution in [-0.2, 0) is 16.0 Å². The van der Waals surface area contributed by atoms with Gasteiger partial charge in [-0.25, -0.2) is 13.8 Å². The molecule has 0 unspecified atom stereocenters. The molecule has 0 spiro atoms. The van der Waals surface area contributed by atoms with E-state index in [0.717, 1.165) is 7.11 Å². The lowest BCUT2D eigenvalue weighted by Gasteiger charge is -2.06. The lowest BCUT2D eigenvalue weighted by atomic mass is 10.1. The normalized spacial score (nSPS) is 10.5. The van der Waals surface area contributed by atoms with Gasteiger partial charge in [0.05, 0.1) is 18.5 Å². The Morgan fingerprint density at radius 3 is 2.72 bits per heavy atom. The van der Waals surface area contributed by atoms with Gasteiger partial charge in [-0.2, -0.15) is 0 Å². The van der Waals surface area contributed by atoms with E-state index in [0.29, 0.717) is 6.07 Å². The zero-order chi connectivity index (χ0) is 13.9. The minimum absolute atomic E-state index is 0.352. The Hall–Kier alpha value is -1.83. The van der Waals surface area contributed by atoms with E-state index in [-0.39, 0.29) is 5.15 Å². The number of ether oxygens (including phenoxy) is 1. The predicted molar refractivity (Wildman–Crippen MR) is 56.6 cm³/mol. The Balaban J connectivity index is 3.38. The Bertz CT molecular complexity index is 496. The van der Waals surface area contributed by atoms with Crippen molar-refractivity contribution >= 4 is 23.3 Å². The van der Waals surface area contributed by atoms with E-state index < -0.39 is 40.7 Å². The third kappa shape index (κ3) is 3.10. The van der Waals surface area contributed by atoms with Crippen LogP contribution in [0.5, 0.6) is 0 Å². The second kappa shape index (κ2) is 5.67. The molecular weight excluding hydrogens is 274 g/mol. The van der Waals surface area contributed by atoms with Gasteiger partial charge >= 0.3 is 5.97 Å². The third-order valence-electron chi connectivity index (χ3n) is 2.02. The number of methoxy groups -OCH3 is 1. The first-order chi connectivity index (χ1) is 8.36. The number of hydrogen-bond acceptors (Lipinski definition) is 5. The molecule has 0 atom stereocenters. The van der Waals surface area contributed by atoms with Crippen molar-refractivity contribution in [2.45, 2.75) is 12.8 Å². The van der Waals surface area contributed by atoms with E-state index in [1.54, 1.807) is 0 Å². The van der Waals surface area contributed by atoms with Crippen molar-refractivity contribution in [2.75, 3.05) is 7.11 Å². The maximum atomic E-state index is 12.7. The highest BCUT2D eigenvalue weighted by Crippen LogP contribution is 2.33. The van der Waals surface area contributed by atoms with Gasteiger partial charge in [-0.05, 0) is 6.07 Å². The predicted octanol–water partition coefficient (Wildman–Crippen LogP) is 2.30. The maximum Gasteiger partial charge on any atom is 0.311 e. The average Bonchev–Trinajstić information content (AvgIpc) is 2.27. The van der Waals surface area contributed by atoms with Crippen molar-refractivity contribution < 1.29 is 23.2 Å². The molecule has 0 aliphatic rings. The fourth-order valence-electron chi connectivity index (χ4n) is 1.29. The molecule has 0 aliphatic carbocycles. The molecule has 0 bridgehead atoms. The van der Waals surface area contributed by atoms with Gasteiger partial charge in [-0.15, -0.1) is 0 Å². The number of alkyl halides is 2. The van der Waals surface area contributed by atoms with E-state index >= 15 is 0 Å². The summed E-state index contributed by atoms with van der Waals surface area (Å²) in [7, 11) is 1.06. The molecule has 0 radical (unpaired) electrons. The van der Waals surface area contributed by atoms with E-state index in [1.807, 2.05) is 0 Å². The van der Waals surface area contributed by atoms with Crippen molar-refractivity contribution in [1.82, 2.24) is 4.98 Å². The van der Waals surface area contributed by atoms with Crippen LogP contribution in [-0.4, -0.2) is 23.0 Å². The van der Waals surface area contributed by atoms with Gasteiger partial charge in [0.25, 0.3) is 12.1 Å². The maximum absolute atomic E-state index is 12.7. The number of rotatable bonds is 4. The molecule has 9 heteroatoms. The summed E-state index contributed by atoms with van der Waals surface area (Å²) in [5, 5.41) is 10.4. The van der Waals surface area contributed by atoms with Gasteiger partial charge in [0.1, 0.15) is 16.4 Å². The number of halogens is 3. The highest BCUT2D eigenvalue weighted by atomic mass is 35.5. The SMILES string of the molecule is COC(=O)Cc1nc(Cl)cc(C(F)F)c1[N+](=O)[O-]. The number of nitro groups is 1. The first-order valence-electron chi connectivity index (χ1n) is 4.55. The zero-order valence-electron chi connectivity index (χ0n) is 9.02. The van der Waals surface area contributed by atoms with Gasteiger partial charge in [0.2, 0.25) is 0 Å². The molecule has 0 fully saturated rings. The van der Waals surface area contributed by atoms with Crippen LogP contribution in [0.3, 0.4) is 0 Å². The van der Waals surface area contributed by atoms with Crippen LogP contribution < -0.4 is 0 Å². The summed E-state index contributed by atoms with van der Waals surface area (Å²) >= 11 is 5.48. The number of esters is 1. The van der Waals surface area contributed by atoms with E-state index in [4.69, 9.17) is 11.6 Å². The topological polar surface area (TPSA) is 82.3 Å². The Labute approximate surface area is 105 Å². The quantitative estimate of drug-likeness (QED) is 0.366. The Morgan fingerprint density at radius 1 is 1.67 bits per heavy atom. The number of hydrogen-bond donors (Lipinski definition) is 0. The number of pyridine rings is 1. The molecule has 0 aromatic carbocycles. The monoisotopic (exact) mass is 280 g/mol. The molecule has 0 aliphatic heterocycles. The van der Waals surface area contributed by atoms with Crippen molar-refractivity contribution in [3.05, 3.63) is 32.6 Å². The fraction of sp³-hybridized carbons (Fsp3) is 0.333. The molecule has 0 N–H and O–H groups in total. The molecule has 0 saturated carbocycles. The largest absolute Gasteiger partial charge is 0.469 e. The second-order valence-corrected chi connectivity index (χ2v) is 3.53. The van der Waals surface area contributed by atoms with Crippen LogP contribution in [0.4, 0.5) is 14.5 Å². The van der Waals surface area contributed by atoms with Gasteiger partial charge in [-0.3, -0.25) is 14.9 Å². The molecule has 0 amide bonds. The number of aromatic nitrogens is 1. The van der Waals surface area contributed by atoms with Crippen LogP contribution in [0.1, 0.15) is 17.7 Å². The summed E-state index contributed by atoms with van der Waals surface area (Å²) in [5.74, 6) is -0.840. The van der Waals surface area contributed by atoms with E-state index in [9.17, 15) is 23.7 Å². The number of carbonyl (C=O) groups is 1. The fourth-order valence-corrected chi connectivity index (χ4v) is 1.51. The minimum Gasteiger partial charge on any atom is -0.469 e. The lowest BCUT2D eigenvalue weighted by Crippen LogP contribution is -2.11. The van der Waals surface area contributed by atoms with Crippen LogP contribution in [0.2, 0.25) is 5.15 Å². The molecule has 98 valence electrons. The molecule has 18 heavy (non-hydrogen) atoms. The Kier molecular flexibility index (Phi) is 4.49. The molecular formula is C9H7ClF2N2O4. The molecule has 1 heterocycles. The summed E-state index contributed by atoms with van der Waals surface area (Å²) in [6.45, 7) is 0. The van der Waals surface area contributed by atoms with Crippen LogP contribution in [0.25, 0.3) is 0 Å². The summed E-state index contributed by atoms with van der Waals surface area (Å²) in [5.41, 5.74) is -2.24. The van der Waals surface area contributed by atoms with E-state index in [1.165, 1.54) is 0 Å². The summed E-state index contributed by atoms with van der Waals surface area (Å²) in [4.78, 5) is 24.3. The van der Waals surface area contributed by atoms with Gasteiger partial charge < -0.3 is 4.74 Å². The van der Waals surface area contributed by atoms with E-state index in [2.05, 4.69) is 9.72 Å². The van der Waals surface area contributed by atoms with Crippen molar-refractivity contribution in [3.63, 3.8) is 0 Å². The average molecular weight is 281 g/mol. The van der Waals surface area contributed by atoms with Crippen LogP contribution in [0, 0.1) is 10.1 Å². The highest BCUT2D eigenvalue weighted by molar-refractivity contribution is 6.29. The summed E-state index contributed by atoms with van der Waals surface area (Å²) in [6.07, 6.45) is -3.70. The van der Waals surface area contributed by atoms with Gasteiger partial charge in [-0.1, -0.05) is 11.6 Å². The standard InChI is InChI=1S/C9H7ClF2N2O4/c1-18-7(15)3-5-8(14(16)17)4(9(11)12)2-6(10)13-5/h2,9H,3H2,1H3. The Morgan fingerprint density at radius 2 is 2.28 bits per heavy atom. The first-order valence-corrected chi connectivity index (χ1v) is 4.93. The van der Waals surface area contributed by atoms with Crippen molar-refractivity contribution in [3.8, 4) is 0 Å². The van der Waals surface area contributed by atoms with Crippen molar-refractivity contribution in [1.29, 1.82) is 0 Å². The smallest absolute Gasteiger partial charge is 0.311 e. The molecule has 1 aromatic rings. The van der Waals surface area contributed by atoms with Gasteiger partial charge in [0.15, 0.2) is 0 Å². The number of carbonyl (C=O) groups excluding carboxylic acids is 1. The third-order valence-corrected chi connectivity index (χ3v) is 2.21. The molecule has 0 saturated heterocycles. The molecule has 1 aromatic heterocycles. The molecule has 1 rings (SSSR count). The highest BCUT2D eigenvalue weighted by Gasteiger charge is 2.29.